The second-order valence-electron chi connectivity index (χ2n) is 27.8. The van der Waals surface area contributed by atoms with Gasteiger partial charge in [0.05, 0.1) is 88.0 Å². The van der Waals surface area contributed by atoms with Crippen LogP contribution in [-0.2, 0) is 18.9 Å². The van der Waals surface area contributed by atoms with Gasteiger partial charge in [0.25, 0.3) is 0 Å². The van der Waals surface area contributed by atoms with Gasteiger partial charge < -0.3 is 24.4 Å². The van der Waals surface area contributed by atoms with E-state index in [1.54, 1.807) is 0 Å². The lowest BCUT2D eigenvalue weighted by atomic mass is 9.71. The van der Waals surface area contributed by atoms with Gasteiger partial charge in [-0.3, -0.25) is 42.5 Å². The maximum Gasteiger partial charge on any atom is 0.146 e. The molecular weight excluding hydrogens is 1160 g/mol. The summed E-state index contributed by atoms with van der Waals surface area (Å²) in [5, 5.41) is 34.7. The van der Waals surface area contributed by atoms with Crippen LogP contribution in [0.15, 0.2) is 0 Å². The molecule has 5 saturated heterocycles. The third-order valence-electron chi connectivity index (χ3n) is 17.0. The van der Waals surface area contributed by atoms with E-state index in [4.69, 9.17) is 18.9 Å². The van der Waals surface area contributed by atoms with Crippen LogP contribution in [0.4, 0.5) is 0 Å². The zero-order valence-electron chi connectivity index (χ0n) is 45.0. The van der Waals surface area contributed by atoms with Crippen molar-refractivity contribution in [2.45, 2.75) is 228 Å². The highest BCUT2D eigenvalue weighted by Gasteiger charge is 2.65. The van der Waals surface area contributed by atoms with Crippen LogP contribution in [0.25, 0.3) is 0 Å². The fraction of sp³-hybridized carbons (Fsp3) is 1.00. The Labute approximate surface area is 467 Å². The molecule has 1 radical (unpaired) electrons. The average Bonchev–Trinajstić information content (AvgIpc) is 3.99. The van der Waals surface area contributed by atoms with Crippen molar-refractivity contribution in [3.8, 4) is 0 Å². The Morgan fingerprint density at radius 2 is 0.543 bits per heavy atom. The number of fused-ring (bicyclic) bond motifs is 20. The topological polar surface area (TPSA) is 165 Å². The molecule has 0 aromatic carbocycles. The van der Waals surface area contributed by atoms with Gasteiger partial charge in [-0.1, -0.05) is 172 Å². The molecule has 24 unspecified atom stereocenters. The Balaban J connectivity index is 0.00000361. The van der Waals surface area contributed by atoms with Crippen molar-refractivity contribution in [3.63, 3.8) is 0 Å². The average molecular weight is 1260 g/mol. The highest BCUT2D eigenvalue weighted by molar-refractivity contribution is 9.14. The van der Waals surface area contributed by atoms with Gasteiger partial charge >= 0.3 is 0 Å². The molecule has 13 nitrogen and oxygen atoms in total. The van der Waals surface area contributed by atoms with Gasteiger partial charge in [-0.25, -0.2) is 0 Å². The van der Waals surface area contributed by atoms with Gasteiger partial charge in [0.1, 0.15) is 29.6 Å². The smallest absolute Gasteiger partial charge is 0.146 e. The third-order valence-corrected chi connectivity index (χ3v) is 23.7. The zero-order chi connectivity index (χ0) is 48.8. The molecule has 8 bridgehead atoms. The summed E-state index contributed by atoms with van der Waals surface area (Å²) in [6.45, 7) is 29.7. The fourth-order valence-electron chi connectivity index (χ4n) is 14.1. The van der Waals surface area contributed by atoms with E-state index in [-0.39, 0.29) is 161 Å². The first-order chi connectivity index (χ1) is 31.9. The second-order valence-corrected chi connectivity index (χ2v) is 32.0. The van der Waals surface area contributed by atoms with Crippen LogP contribution in [0, 0.1) is 69.0 Å². The number of rotatable bonds is 8. The Kier molecular flexibility index (Phi) is 19.9. The Morgan fingerprint density at radius 3 is 0.800 bits per heavy atom. The molecular formula is C52H96AlBr4N8O5. The van der Waals surface area contributed by atoms with Gasteiger partial charge in [0.2, 0.25) is 0 Å². The summed E-state index contributed by atoms with van der Waals surface area (Å²) in [5.74, 6) is 2.73. The number of alkyl halides is 4. The molecule has 9 aliphatic rings. The monoisotopic (exact) mass is 1260 g/mol. The maximum absolute atomic E-state index is 7.49. The predicted molar refractivity (Wildman–Crippen MR) is 300 cm³/mol. The van der Waals surface area contributed by atoms with Crippen LogP contribution in [0.1, 0.15) is 134 Å². The van der Waals surface area contributed by atoms with Crippen molar-refractivity contribution in [1.29, 1.82) is 0 Å². The van der Waals surface area contributed by atoms with E-state index < -0.39 is 0 Å². The minimum absolute atomic E-state index is 0. The Hall–Kier alpha value is 1.93. The van der Waals surface area contributed by atoms with Gasteiger partial charge in [0, 0.05) is 43.0 Å². The molecule has 10 N–H and O–H groups in total. The molecule has 0 aromatic heterocycles. The van der Waals surface area contributed by atoms with Crippen molar-refractivity contribution < 1.29 is 24.4 Å². The van der Waals surface area contributed by atoms with Crippen LogP contribution >= 0.6 is 63.7 Å². The first-order valence-electron chi connectivity index (χ1n) is 27.0. The van der Waals surface area contributed by atoms with Gasteiger partial charge in [-0.15, -0.1) is 0 Å². The highest BCUT2D eigenvalue weighted by atomic mass is 79.9. The quantitative estimate of drug-likeness (QED) is 0.0983. The minimum atomic E-state index is -0.361. The molecule has 4 aliphatic carbocycles. The van der Waals surface area contributed by atoms with Crippen LogP contribution in [0.5, 0.6) is 0 Å². The van der Waals surface area contributed by atoms with Crippen LogP contribution in [-0.4, -0.2) is 142 Å². The normalized spacial score (nSPS) is 47.3. The highest BCUT2D eigenvalue weighted by Crippen LogP contribution is 2.52. The molecule has 0 amide bonds. The molecule has 24 atom stereocenters. The number of hydrogen-bond donors (Lipinski definition) is 8. The summed E-state index contributed by atoms with van der Waals surface area (Å²) in [6.07, 6.45) is 9.53. The molecule has 9 rings (SSSR count). The summed E-state index contributed by atoms with van der Waals surface area (Å²) in [5.41, 5.74) is -0.244. The summed E-state index contributed by atoms with van der Waals surface area (Å²) in [4.78, 5) is 0.897. The third kappa shape index (κ3) is 13.0. The number of ether oxygens (including phenoxy) is 4. The van der Waals surface area contributed by atoms with E-state index in [9.17, 15) is 0 Å². The van der Waals surface area contributed by atoms with Crippen LogP contribution in [0.3, 0.4) is 0 Å². The molecule has 0 aromatic rings. The van der Waals surface area contributed by atoms with E-state index in [1.807, 2.05) is 0 Å². The number of hydrogen-bond acceptors (Lipinski definition) is 12. The summed E-state index contributed by atoms with van der Waals surface area (Å²) < 4.78 is 29.7. The SMILES string of the molecule is CC(C)(C)COC1C(OCC(C)(C)C)C(OCC(C)(C)C)C2C3NC4NC(NC5NC(NC6NC(NC(N3)C2C1OCC(C)(C)C)C1CCCCC61)C1CCCCC51)C1C(Br)C(Br)C(Br)C(Br)C41.O.[AlH2]. The molecule has 4 saturated carbocycles. The lowest BCUT2D eigenvalue weighted by Crippen LogP contribution is -2.67. The number of nitrogens with one attached hydrogen (secondary N) is 8. The maximum atomic E-state index is 7.49. The first-order valence-corrected chi connectivity index (χ1v) is 30.6. The first kappa shape index (κ1) is 59.6. The molecule has 405 valence electrons. The van der Waals surface area contributed by atoms with Crippen LogP contribution in [0.2, 0.25) is 0 Å². The van der Waals surface area contributed by atoms with E-state index in [0.717, 1.165) is 0 Å². The van der Waals surface area contributed by atoms with Crippen LogP contribution < -0.4 is 42.5 Å². The van der Waals surface area contributed by atoms with Crippen molar-refractivity contribution >= 4 is 81.1 Å². The lowest BCUT2D eigenvalue weighted by Gasteiger charge is -2.52. The molecule has 9 fully saturated rings. The molecule has 5 heterocycles. The Bertz CT molecular complexity index is 1710. The minimum Gasteiger partial charge on any atom is -0.412 e. The predicted octanol–water partition coefficient (Wildman–Crippen LogP) is 6.52. The van der Waals surface area contributed by atoms with Gasteiger partial charge in [-0.2, -0.15) is 0 Å². The van der Waals surface area contributed by atoms with E-state index in [0.29, 0.717) is 50.1 Å². The zero-order valence-corrected chi connectivity index (χ0v) is 53.3. The largest absolute Gasteiger partial charge is 0.412 e. The van der Waals surface area contributed by atoms with E-state index >= 15 is 0 Å². The Morgan fingerprint density at radius 1 is 0.329 bits per heavy atom. The van der Waals surface area contributed by atoms with Crippen molar-refractivity contribution in [3.05, 3.63) is 0 Å². The van der Waals surface area contributed by atoms with Gasteiger partial charge in [0.15, 0.2) is 0 Å². The van der Waals surface area contributed by atoms with E-state index in [2.05, 4.69) is 189 Å². The fourth-order valence-corrected chi connectivity index (χ4v) is 18.3. The van der Waals surface area contributed by atoms with E-state index in [1.165, 1.54) is 51.4 Å². The molecule has 70 heavy (non-hydrogen) atoms. The molecule has 5 aliphatic heterocycles. The standard InChI is InChI=1S/C52H92Br4N8O4.Al.H2O.2H/c1-49(2,3)21-65-37-31-32(38(66-22-50(4,5)6)40(68-24-52(10,11)12)39(37)67-23-51(7,8)9)48-63-46-30-29(33(53)35(55)36(56)34(30)54)45(62-46)60-43-27-19-15-13-17-25(27)41(58-43)57-42-26-18-14-16-20-28(26)44(59-42)61-47(31)64-48;;;;/h25-48,57-64H,13-24H2,1-12H3;;1H2;;. The second kappa shape index (κ2) is 23.3. The summed E-state index contributed by atoms with van der Waals surface area (Å²) in [7, 11) is 0. The number of halogens is 4. The lowest BCUT2D eigenvalue weighted by molar-refractivity contribution is -0.252. The molecule has 0 spiro atoms. The summed E-state index contributed by atoms with van der Waals surface area (Å²) >= 11 is 17.0. The van der Waals surface area contributed by atoms with Gasteiger partial charge in [-0.05, 0) is 71.0 Å². The van der Waals surface area contributed by atoms with Crippen molar-refractivity contribution in [2.75, 3.05) is 26.4 Å². The summed E-state index contributed by atoms with van der Waals surface area (Å²) in [6, 6.07) is 0. The molecule has 18 heteroatoms. The van der Waals surface area contributed by atoms with Crippen molar-refractivity contribution in [1.82, 2.24) is 42.5 Å². The van der Waals surface area contributed by atoms with Crippen molar-refractivity contribution in [2.24, 2.45) is 69.0 Å².